The minimum atomic E-state index is 0.331. The first kappa shape index (κ1) is 12.4. The number of aromatic nitrogens is 4. The molecule has 18 heavy (non-hydrogen) atoms. The SMILES string of the molecule is Cc1ccnc(NCc2ncn(C)n2)c1C(N)=S. The van der Waals surface area contributed by atoms with Crippen molar-refractivity contribution >= 4 is 23.0 Å². The molecule has 0 amide bonds. The molecule has 0 spiro atoms. The average Bonchev–Trinajstić information content (AvgIpc) is 2.72. The number of nitrogens with one attached hydrogen (secondary N) is 1. The van der Waals surface area contributed by atoms with Crippen molar-refractivity contribution in [3.05, 3.63) is 35.5 Å². The Balaban J connectivity index is 2.19. The van der Waals surface area contributed by atoms with Crippen LogP contribution < -0.4 is 11.1 Å². The lowest BCUT2D eigenvalue weighted by Gasteiger charge is -2.10. The summed E-state index contributed by atoms with van der Waals surface area (Å²) in [5, 5.41) is 7.32. The van der Waals surface area contributed by atoms with Crippen LogP contribution in [0.4, 0.5) is 5.82 Å². The van der Waals surface area contributed by atoms with Crippen molar-refractivity contribution in [1.29, 1.82) is 0 Å². The maximum atomic E-state index is 5.70. The summed E-state index contributed by atoms with van der Waals surface area (Å²) in [6.45, 7) is 2.42. The lowest BCUT2D eigenvalue weighted by molar-refractivity contribution is 0.747. The van der Waals surface area contributed by atoms with Gasteiger partial charge in [0.1, 0.15) is 17.1 Å². The molecule has 6 nitrogen and oxygen atoms in total. The van der Waals surface area contributed by atoms with Crippen LogP contribution in [0.15, 0.2) is 18.6 Å². The summed E-state index contributed by atoms with van der Waals surface area (Å²) in [5.41, 5.74) is 7.47. The summed E-state index contributed by atoms with van der Waals surface area (Å²) in [6.07, 6.45) is 3.36. The Morgan fingerprint density at radius 3 is 2.89 bits per heavy atom. The van der Waals surface area contributed by atoms with Gasteiger partial charge < -0.3 is 11.1 Å². The second kappa shape index (κ2) is 5.09. The number of nitrogens with zero attached hydrogens (tertiary/aromatic N) is 4. The molecule has 2 heterocycles. The number of rotatable bonds is 4. The number of pyridine rings is 1. The average molecular weight is 262 g/mol. The van der Waals surface area contributed by atoms with Crippen LogP contribution in [0.2, 0.25) is 0 Å². The largest absolute Gasteiger partial charge is 0.389 e. The highest BCUT2D eigenvalue weighted by atomic mass is 32.1. The Labute approximate surface area is 110 Å². The predicted octanol–water partition coefficient (Wildman–Crippen LogP) is 0.765. The molecule has 2 aromatic heterocycles. The zero-order valence-electron chi connectivity index (χ0n) is 10.2. The first-order valence-corrected chi connectivity index (χ1v) is 5.82. The molecule has 0 radical (unpaired) electrons. The Hall–Kier alpha value is -2.02. The monoisotopic (exact) mass is 262 g/mol. The lowest BCUT2D eigenvalue weighted by atomic mass is 10.1. The van der Waals surface area contributed by atoms with Gasteiger partial charge in [-0.15, -0.1) is 0 Å². The smallest absolute Gasteiger partial charge is 0.169 e. The van der Waals surface area contributed by atoms with Gasteiger partial charge in [0.05, 0.1) is 12.1 Å². The molecule has 0 aliphatic heterocycles. The van der Waals surface area contributed by atoms with E-state index in [1.807, 2.05) is 20.0 Å². The highest BCUT2D eigenvalue weighted by Gasteiger charge is 2.10. The van der Waals surface area contributed by atoms with E-state index in [1.165, 1.54) is 0 Å². The zero-order valence-corrected chi connectivity index (χ0v) is 11.0. The number of thiocarbonyl (C=S) groups is 1. The Morgan fingerprint density at radius 2 is 2.28 bits per heavy atom. The molecule has 2 aromatic rings. The minimum absolute atomic E-state index is 0.331. The van der Waals surface area contributed by atoms with Crippen molar-refractivity contribution in [1.82, 2.24) is 19.7 Å². The van der Waals surface area contributed by atoms with Crippen molar-refractivity contribution < 1.29 is 0 Å². The van der Waals surface area contributed by atoms with Crippen LogP contribution in [-0.2, 0) is 13.6 Å². The van der Waals surface area contributed by atoms with E-state index in [0.29, 0.717) is 23.2 Å². The third-order valence-corrected chi connectivity index (χ3v) is 2.67. The standard InChI is InChI=1S/C11H14N6S/c1-7-3-4-13-11(9(7)10(12)18)14-5-8-15-6-17(2)16-8/h3-4,6H,5H2,1-2H3,(H2,12,18)(H,13,14). The van der Waals surface area contributed by atoms with Gasteiger partial charge in [-0.3, -0.25) is 4.68 Å². The van der Waals surface area contributed by atoms with E-state index in [0.717, 1.165) is 11.1 Å². The molecule has 0 unspecified atom stereocenters. The van der Waals surface area contributed by atoms with Crippen LogP contribution >= 0.6 is 12.2 Å². The number of hydrogen-bond donors (Lipinski definition) is 2. The van der Waals surface area contributed by atoms with Gasteiger partial charge in [0.25, 0.3) is 0 Å². The van der Waals surface area contributed by atoms with Gasteiger partial charge in [-0.05, 0) is 18.6 Å². The van der Waals surface area contributed by atoms with E-state index in [2.05, 4.69) is 20.4 Å². The first-order chi connectivity index (χ1) is 8.58. The van der Waals surface area contributed by atoms with Crippen LogP contribution in [0.5, 0.6) is 0 Å². The van der Waals surface area contributed by atoms with Gasteiger partial charge in [-0.25, -0.2) is 9.97 Å². The van der Waals surface area contributed by atoms with Gasteiger partial charge >= 0.3 is 0 Å². The molecule has 0 aliphatic carbocycles. The van der Waals surface area contributed by atoms with E-state index in [4.69, 9.17) is 18.0 Å². The molecule has 0 saturated carbocycles. The maximum absolute atomic E-state index is 5.70. The molecule has 3 N–H and O–H groups in total. The van der Waals surface area contributed by atoms with Crippen LogP contribution in [0.1, 0.15) is 17.0 Å². The highest BCUT2D eigenvalue weighted by Crippen LogP contribution is 2.16. The number of nitrogens with two attached hydrogens (primary N) is 1. The van der Waals surface area contributed by atoms with Crippen LogP contribution in [0, 0.1) is 6.92 Å². The number of anilines is 1. The van der Waals surface area contributed by atoms with Gasteiger partial charge in [-0.2, -0.15) is 5.10 Å². The van der Waals surface area contributed by atoms with Crippen LogP contribution in [0.25, 0.3) is 0 Å². The van der Waals surface area contributed by atoms with Gasteiger partial charge in [0, 0.05) is 13.2 Å². The molecular weight excluding hydrogens is 248 g/mol. The molecule has 0 fully saturated rings. The molecule has 94 valence electrons. The normalized spacial score (nSPS) is 10.3. The van der Waals surface area contributed by atoms with Crippen molar-refractivity contribution in [3.8, 4) is 0 Å². The molecule has 7 heteroatoms. The fourth-order valence-electron chi connectivity index (χ4n) is 1.63. The third-order valence-electron chi connectivity index (χ3n) is 2.47. The molecule has 2 rings (SSSR count). The highest BCUT2D eigenvalue weighted by molar-refractivity contribution is 7.80. The van der Waals surface area contributed by atoms with Crippen molar-refractivity contribution in [2.75, 3.05) is 5.32 Å². The lowest BCUT2D eigenvalue weighted by Crippen LogP contribution is -2.16. The van der Waals surface area contributed by atoms with E-state index >= 15 is 0 Å². The molecule has 0 aromatic carbocycles. The summed E-state index contributed by atoms with van der Waals surface area (Å²) in [4.78, 5) is 8.70. The summed E-state index contributed by atoms with van der Waals surface area (Å²) >= 11 is 5.03. The second-order valence-electron chi connectivity index (χ2n) is 3.90. The summed E-state index contributed by atoms with van der Waals surface area (Å²) in [5.74, 6) is 1.35. The Morgan fingerprint density at radius 1 is 1.50 bits per heavy atom. The van der Waals surface area contributed by atoms with Gasteiger partial charge in [-0.1, -0.05) is 12.2 Å². The quantitative estimate of drug-likeness (QED) is 0.792. The second-order valence-corrected chi connectivity index (χ2v) is 4.34. The topological polar surface area (TPSA) is 81.7 Å². The van der Waals surface area contributed by atoms with Crippen LogP contribution in [0.3, 0.4) is 0 Å². The molecular formula is C11H14N6S. The van der Waals surface area contributed by atoms with Gasteiger partial charge in [0.2, 0.25) is 0 Å². The minimum Gasteiger partial charge on any atom is -0.389 e. The zero-order chi connectivity index (χ0) is 13.1. The maximum Gasteiger partial charge on any atom is 0.169 e. The predicted molar refractivity (Wildman–Crippen MR) is 73.2 cm³/mol. The Bertz CT molecular complexity index is 577. The molecule has 0 aliphatic rings. The Kier molecular flexibility index (Phi) is 3.52. The van der Waals surface area contributed by atoms with E-state index in [-0.39, 0.29) is 0 Å². The number of hydrogen-bond acceptors (Lipinski definition) is 5. The fourth-order valence-corrected chi connectivity index (χ4v) is 1.89. The van der Waals surface area contributed by atoms with Gasteiger partial charge in [0.15, 0.2) is 5.82 Å². The summed E-state index contributed by atoms with van der Waals surface area (Å²) in [6, 6.07) is 1.87. The third kappa shape index (κ3) is 2.62. The van der Waals surface area contributed by atoms with Crippen molar-refractivity contribution in [2.45, 2.75) is 13.5 Å². The van der Waals surface area contributed by atoms with E-state index < -0.39 is 0 Å². The summed E-state index contributed by atoms with van der Waals surface area (Å²) in [7, 11) is 1.82. The van der Waals surface area contributed by atoms with Crippen molar-refractivity contribution in [2.24, 2.45) is 12.8 Å². The number of aryl methyl sites for hydroxylation is 2. The fraction of sp³-hybridized carbons (Fsp3) is 0.273. The molecule has 0 saturated heterocycles. The molecule has 0 bridgehead atoms. The van der Waals surface area contributed by atoms with E-state index in [1.54, 1.807) is 17.2 Å². The molecule has 0 atom stereocenters. The summed E-state index contributed by atoms with van der Waals surface area (Å²) < 4.78 is 1.65. The van der Waals surface area contributed by atoms with Crippen LogP contribution in [-0.4, -0.2) is 24.7 Å². The van der Waals surface area contributed by atoms with E-state index in [9.17, 15) is 0 Å². The van der Waals surface area contributed by atoms with Crippen molar-refractivity contribution in [3.63, 3.8) is 0 Å². The first-order valence-electron chi connectivity index (χ1n) is 5.41.